The molecule has 1 aromatic rings. The number of methoxy groups -OCH3 is 1. The minimum absolute atomic E-state index is 0.0555. The third-order valence-corrected chi connectivity index (χ3v) is 2.24. The van der Waals surface area contributed by atoms with Crippen LogP contribution >= 0.6 is 0 Å². The maximum Gasteiger partial charge on any atom is 0.169 e. The van der Waals surface area contributed by atoms with E-state index in [0.717, 1.165) is 0 Å². The van der Waals surface area contributed by atoms with E-state index in [1.165, 1.54) is 0 Å². The summed E-state index contributed by atoms with van der Waals surface area (Å²) < 4.78 is 10.4. The van der Waals surface area contributed by atoms with Gasteiger partial charge in [-0.15, -0.1) is 0 Å². The van der Waals surface area contributed by atoms with Crippen LogP contribution in [0, 0.1) is 5.41 Å². The van der Waals surface area contributed by atoms with E-state index in [1.54, 1.807) is 25.5 Å². The van der Waals surface area contributed by atoms with E-state index in [2.05, 4.69) is 0 Å². The molecule has 0 saturated carbocycles. The quantitative estimate of drug-likeness (QED) is 0.766. The van der Waals surface area contributed by atoms with E-state index in [1.807, 2.05) is 20.8 Å². The second kappa shape index (κ2) is 4.62. The summed E-state index contributed by atoms with van der Waals surface area (Å²) in [5.41, 5.74) is -0.182. The average molecular weight is 210 g/mol. The van der Waals surface area contributed by atoms with Gasteiger partial charge in [0.1, 0.15) is 11.9 Å². The van der Waals surface area contributed by atoms with Gasteiger partial charge in [-0.05, 0) is 17.5 Å². The van der Waals surface area contributed by atoms with Crippen LogP contribution in [0.2, 0.25) is 0 Å². The van der Waals surface area contributed by atoms with Crippen LogP contribution in [0.5, 0.6) is 0 Å². The average Bonchev–Trinajstić information content (AvgIpc) is 2.54. The molecule has 1 atom stereocenters. The topological polar surface area (TPSA) is 39.4 Å². The fourth-order valence-corrected chi connectivity index (χ4v) is 1.65. The maximum absolute atomic E-state index is 11.9. The molecule has 0 aliphatic carbocycles. The molecular formula is C12H18O3. The zero-order chi connectivity index (χ0) is 11.5. The molecule has 1 unspecified atom stereocenters. The fourth-order valence-electron chi connectivity index (χ4n) is 1.65. The Morgan fingerprint density at radius 1 is 1.53 bits per heavy atom. The second-order valence-electron chi connectivity index (χ2n) is 4.70. The van der Waals surface area contributed by atoms with Crippen molar-refractivity contribution in [1.82, 2.24) is 0 Å². The number of rotatable bonds is 4. The number of hydrogen-bond donors (Lipinski definition) is 0. The van der Waals surface area contributed by atoms with Crippen LogP contribution in [-0.4, -0.2) is 19.0 Å². The van der Waals surface area contributed by atoms with Crippen LogP contribution in [0.15, 0.2) is 22.8 Å². The Morgan fingerprint density at radius 2 is 2.20 bits per heavy atom. The first kappa shape index (κ1) is 12.0. The Balaban J connectivity index is 2.67. The summed E-state index contributed by atoms with van der Waals surface area (Å²) in [6, 6.07) is 3.58. The van der Waals surface area contributed by atoms with E-state index in [9.17, 15) is 4.79 Å². The van der Waals surface area contributed by atoms with E-state index in [-0.39, 0.29) is 17.3 Å². The minimum atomic E-state index is -0.386. The van der Waals surface area contributed by atoms with Crippen molar-refractivity contribution in [2.45, 2.75) is 33.3 Å². The highest BCUT2D eigenvalue weighted by molar-refractivity contribution is 5.85. The molecule has 0 aliphatic heterocycles. The highest BCUT2D eigenvalue weighted by Gasteiger charge is 2.31. The van der Waals surface area contributed by atoms with Crippen molar-refractivity contribution in [1.29, 1.82) is 0 Å². The van der Waals surface area contributed by atoms with Crippen LogP contribution in [-0.2, 0) is 16.0 Å². The second-order valence-corrected chi connectivity index (χ2v) is 4.70. The van der Waals surface area contributed by atoms with Crippen molar-refractivity contribution >= 4 is 5.78 Å². The molecule has 0 aliphatic rings. The number of hydrogen-bond acceptors (Lipinski definition) is 3. The van der Waals surface area contributed by atoms with Gasteiger partial charge in [-0.3, -0.25) is 4.79 Å². The monoisotopic (exact) mass is 210 g/mol. The fraction of sp³-hybridized carbons (Fsp3) is 0.583. The molecule has 1 heterocycles. The summed E-state index contributed by atoms with van der Waals surface area (Å²) in [5.74, 6) is 0.742. The highest BCUT2D eigenvalue weighted by Crippen LogP contribution is 2.23. The number of carbonyl (C=O) groups excluding carboxylic acids is 1. The largest absolute Gasteiger partial charge is 0.469 e. The lowest BCUT2D eigenvalue weighted by Crippen LogP contribution is -2.37. The summed E-state index contributed by atoms with van der Waals surface area (Å²) in [5, 5.41) is 0. The third kappa shape index (κ3) is 3.20. The Morgan fingerprint density at radius 3 is 2.60 bits per heavy atom. The first-order valence-electron chi connectivity index (χ1n) is 5.03. The van der Waals surface area contributed by atoms with Crippen molar-refractivity contribution in [2.75, 3.05) is 7.11 Å². The summed E-state index contributed by atoms with van der Waals surface area (Å²) in [6.07, 6.45) is 1.48. The van der Waals surface area contributed by atoms with Gasteiger partial charge in [-0.1, -0.05) is 20.8 Å². The van der Waals surface area contributed by atoms with Crippen molar-refractivity contribution in [3.05, 3.63) is 24.2 Å². The van der Waals surface area contributed by atoms with Gasteiger partial charge in [-0.2, -0.15) is 0 Å². The molecule has 0 bridgehead atoms. The van der Waals surface area contributed by atoms with Crippen LogP contribution < -0.4 is 0 Å². The molecule has 0 N–H and O–H groups in total. The van der Waals surface area contributed by atoms with E-state index in [4.69, 9.17) is 9.15 Å². The van der Waals surface area contributed by atoms with E-state index in [0.29, 0.717) is 12.2 Å². The Bertz CT molecular complexity index is 306. The molecular weight excluding hydrogens is 192 g/mol. The smallest absolute Gasteiger partial charge is 0.169 e. The van der Waals surface area contributed by atoms with Crippen LogP contribution in [0.1, 0.15) is 26.5 Å². The lowest BCUT2D eigenvalue weighted by Gasteiger charge is -2.27. The Labute approximate surface area is 90.4 Å². The van der Waals surface area contributed by atoms with Gasteiger partial charge in [0.05, 0.1) is 12.7 Å². The SMILES string of the molecule is COC(C(=O)Cc1ccco1)C(C)(C)C. The molecule has 3 nitrogen and oxygen atoms in total. The molecule has 3 heteroatoms. The minimum Gasteiger partial charge on any atom is -0.469 e. The predicted molar refractivity (Wildman–Crippen MR) is 57.7 cm³/mol. The first-order valence-corrected chi connectivity index (χ1v) is 5.03. The van der Waals surface area contributed by atoms with Crippen LogP contribution in [0.4, 0.5) is 0 Å². The van der Waals surface area contributed by atoms with Crippen LogP contribution in [0.25, 0.3) is 0 Å². The number of ether oxygens (including phenoxy) is 1. The standard InChI is InChI=1S/C12H18O3/c1-12(2,3)11(14-4)10(13)8-9-6-5-7-15-9/h5-7,11H,8H2,1-4H3. The number of Topliss-reactive ketones (excluding diaryl/α,β-unsaturated/α-hetero) is 1. The predicted octanol–water partition coefficient (Wildman–Crippen LogP) is 2.45. The molecule has 1 aromatic heterocycles. The zero-order valence-electron chi connectivity index (χ0n) is 9.74. The zero-order valence-corrected chi connectivity index (χ0v) is 9.74. The lowest BCUT2D eigenvalue weighted by molar-refractivity contribution is -0.134. The van der Waals surface area contributed by atoms with E-state index >= 15 is 0 Å². The summed E-state index contributed by atoms with van der Waals surface area (Å²) in [4.78, 5) is 11.9. The van der Waals surface area contributed by atoms with Gasteiger partial charge in [0.2, 0.25) is 0 Å². The van der Waals surface area contributed by atoms with Gasteiger partial charge in [0.25, 0.3) is 0 Å². The molecule has 0 aromatic carbocycles. The number of carbonyl (C=O) groups is 1. The lowest BCUT2D eigenvalue weighted by atomic mass is 9.85. The van der Waals surface area contributed by atoms with Crippen molar-refractivity contribution < 1.29 is 13.9 Å². The Kier molecular flexibility index (Phi) is 3.69. The summed E-state index contributed by atoms with van der Waals surface area (Å²) in [6.45, 7) is 5.96. The normalized spacial score (nSPS) is 13.9. The van der Waals surface area contributed by atoms with Gasteiger partial charge < -0.3 is 9.15 Å². The molecule has 0 fully saturated rings. The maximum atomic E-state index is 11.9. The van der Waals surface area contributed by atoms with Gasteiger partial charge in [0.15, 0.2) is 5.78 Å². The first-order chi connectivity index (χ1) is 6.95. The molecule has 15 heavy (non-hydrogen) atoms. The molecule has 0 saturated heterocycles. The van der Waals surface area contributed by atoms with Crippen molar-refractivity contribution in [3.63, 3.8) is 0 Å². The molecule has 0 radical (unpaired) electrons. The molecule has 84 valence electrons. The van der Waals surface area contributed by atoms with Crippen molar-refractivity contribution in [3.8, 4) is 0 Å². The van der Waals surface area contributed by atoms with Gasteiger partial charge >= 0.3 is 0 Å². The van der Waals surface area contributed by atoms with Crippen molar-refractivity contribution in [2.24, 2.45) is 5.41 Å². The third-order valence-electron chi connectivity index (χ3n) is 2.24. The van der Waals surface area contributed by atoms with Crippen LogP contribution in [0.3, 0.4) is 0 Å². The highest BCUT2D eigenvalue weighted by atomic mass is 16.5. The molecule has 0 amide bonds. The number of furan rings is 1. The summed E-state index contributed by atoms with van der Waals surface area (Å²) >= 11 is 0. The summed E-state index contributed by atoms with van der Waals surface area (Å²) in [7, 11) is 1.57. The molecule has 1 rings (SSSR count). The Hall–Kier alpha value is -1.09. The van der Waals surface area contributed by atoms with Gasteiger partial charge in [-0.25, -0.2) is 0 Å². The van der Waals surface area contributed by atoms with E-state index < -0.39 is 0 Å². The number of ketones is 1. The molecule has 0 spiro atoms. The van der Waals surface area contributed by atoms with Gasteiger partial charge in [0, 0.05) is 7.11 Å².